The van der Waals surface area contributed by atoms with Gasteiger partial charge in [0.25, 0.3) is 21.8 Å². The molecule has 202 valence electrons. The Hall–Kier alpha value is -4.90. The predicted molar refractivity (Wildman–Crippen MR) is 148 cm³/mol. The largest absolute Gasteiger partial charge is 0.324 e. The molecule has 1 aliphatic rings. The molecule has 40 heavy (non-hydrogen) atoms. The van der Waals surface area contributed by atoms with Gasteiger partial charge >= 0.3 is 0 Å². The number of hydrogen-bond donors (Lipinski definition) is 2. The molecular formula is C29H25N5O5S. The first-order valence-corrected chi connectivity index (χ1v) is 13.9. The van der Waals surface area contributed by atoms with Crippen molar-refractivity contribution < 1.29 is 22.8 Å². The average Bonchev–Trinajstić information content (AvgIpc) is 3.17. The second kappa shape index (κ2) is 10.7. The van der Waals surface area contributed by atoms with Crippen molar-refractivity contribution in [1.82, 2.24) is 14.9 Å². The second-order valence-electron chi connectivity index (χ2n) is 9.29. The van der Waals surface area contributed by atoms with Crippen LogP contribution in [-0.4, -0.2) is 47.0 Å². The molecule has 0 fully saturated rings. The molecule has 2 N–H and O–H groups in total. The van der Waals surface area contributed by atoms with E-state index >= 15 is 0 Å². The fourth-order valence-electron chi connectivity index (χ4n) is 4.54. The van der Waals surface area contributed by atoms with Crippen LogP contribution < -0.4 is 10.0 Å². The van der Waals surface area contributed by atoms with Gasteiger partial charge in [0.15, 0.2) is 0 Å². The minimum atomic E-state index is -3.96. The Kier molecular flexibility index (Phi) is 7.14. The molecule has 1 aliphatic heterocycles. The number of amides is 3. The SMILES string of the molecule is Cc1cc(NS(=O)(=O)c2ccc(NC(=O)C(Cc3ccccc3)N3C(=O)c4ccccc4C3=O)cc2)nc(C)n1. The van der Waals surface area contributed by atoms with Crippen molar-refractivity contribution in [3.63, 3.8) is 0 Å². The van der Waals surface area contributed by atoms with Crippen LogP contribution in [0.4, 0.5) is 11.5 Å². The maximum absolute atomic E-state index is 13.5. The van der Waals surface area contributed by atoms with Crippen LogP contribution in [0.2, 0.25) is 0 Å². The predicted octanol–water partition coefficient (Wildman–Crippen LogP) is 3.74. The van der Waals surface area contributed by atoms with Crippen molar-refractivity contribution >= 4 is 39.3 Å². The van der Waals surface area contributed by atoms with Gasteiger partial charge in [-0.05, 0) is 55.8 Å². The highest BCUT2D eigenvalue weighted by atomic mass is 32.2. The molecule has 0 saturated heterocycles. The van der Waals surface area contributed by atoms with Gasteiger partial charge in [0.2, 0.25) is 5.91 Å². The zero-order chi connectivity index (χ0) is 28.4. The van der Waals surface area contributed by atoms with E-state index in [4.69, 9.17) is 0 Å². The highest BCUT2D eigenvalue weighted by Gasteiger charge is 2.42. The number of nitrogens with one attached hydrogen (secondary N) is 2. The zero-order valence-electron chi connectivity index (χ0n) is 21.7. The fourth-order valence-corrected chi connectivity index (χ4v) is 5.53. The molecule has 0 saturated carbocycles. The van der Waals surface area contributed by atoms with E-state index in [1.54, 1.807) is 38.1 Å². The Morgan fingerprint density at radius 3 is 2.05 bits per heavy atom. The highest BCUT2D eigenvalue weighted by molar-refractivity contribution is 7.92. The van der Waals surface area contributed by atoms with E-state index in [1.165, 1.54) is 30.3 Å². The number of anilines is 2. The van der Waals surface area contributed by atoms with Crippen LogP contribution in [0, 0.1) is 13.8 Å². The van der Waals surface area contributed by atoms with Gasteiger partial charge in [-0.3, -0.25) is 24.0 Å². The Bertz CT molecular complexity index is 1670. The molecule has 10 nitrogen and oxygen atoms in total. The minimum Gasteiger partial charge on any atom is -0.324 e. The van der Waals surface area contributed by atoms with Gasteiger partial charge < -0.3 is 5.32 Å². The third-order valence-electron chi connectivity index (χ3n) is 6.35. The third kappa shape index (κ3) is 5.45. The Balaban J connectivity index is 1.37. The van der Waals surface area contributed by atoms with Crippen molar-refractivity contribution in [3.05, 3.63) is 113 Å². The zero-order valence-corrected chi connectivity index (χ0v) is 22.5. The molecule has 4 aromatic rings. The van der Waals surface area contributed by atoms with Crippen molar-refractivity contribution in [2.24, 2.45) is 0 Å². The van der Waals surface area contributed by atoms with E-state index in [0.717, 1.165) is 10.5 Å². The second-order valence-corrected chi connectivity index (χ2v) is 11.0. The number of aromatic nitrogens is 2. The summed E-state index contributed by atoms with van der Waals surface area (Å²) in [7, 11) is -3.96. The summed E-state index contributed by atoms with van der Waals surface area (Å²) in [5, 5.41) is 2.73. The van der Waals surface area contributed by atoms with Crippen LogP contribution in [0.5, 0.6) is 0 Å². The Morgan fingerprint density at radius 2 is 1.45 bits per heavy atom. The van der Waals surface area contributed by atoms with Crippen LogP contribution in [0.3, 0.4) is 0 Å². The van der Waals surface area contributed by atoms with E-state index in [2.05, 4.69) is 20.0 Å². The first-order chi connectivity index (χ1) is 19.1. The number of hydrogen-bond acceptors (Lipinski definition) is 7. The van der Waals surface area contributed by atoms with Gasteiger partial charge in [-0.15, -0.1) is 0 Å². The standard InChI is InChI=1S/C29H25N5O5S/c1-18-16-26(31-19(2)30-18)33-40(38,39)22-14-12-21(13-15-22)32-27(35)25(17-20-8-4-3-5-9-20)34-28(36)23-10-6-7-11-24(23)29(34)37/h3-16,25H,17H2,1-2H3,(H,32,35)(H,30,31,33). The Morgan fingerprint density at radius 1 is 0.850 bits per heavy atom. The van der Waals surface area contributed by atoms with Gasteiger partial charge in [-0.2, -0.15) is 0 Å². The minimum absolute atomic E-state index is 0.0411. The number of aryl methyl sites for hydroxylation is 2. The molecule has 0 aliphatic carbocycles. The molecule has 3 aromatic carbocycles. The van der Waals surface area contributed by atoms with Gasteiger partial charge in [-0.1, -0.05) is 42.5 Å². The van der Waals surface area contributed by atoms with Gasteiger partial charge in [0.1, 0.15) is 17.7 Å². The van der Waals surface area contributed by atoms with Crippen LogP contribution in [0.25, 0.3) is 0 Å². The summed E-state index contributed by atoms with van der Waals surface area (Å²) in [5.41, 5.74) is 2.17. The van der Waals surface area contributed by atoms with Crippen LogP contribution in [0.15, 0.2) is 89.8 Å². The number of carbonyl (C=O) groups is 3. The van der Waals surface area contributed by atoms with E-state index in [1.807, 2.05) is 30.3 Å². The normalized spacial score (nSPS) is 13.6. The number of fused-ring (bicyclic) bond motifs is 1. The summed E-state index contributed by atoms with van der Waals surface area (Å²) >= 11 is 0. The van der Waals surface area contributed by atoms with E-state index in [0.29, 0.717) is 17.2 Å². The lowest BCUT2D eigenvalue weighted by molar-refractivity contribution is -0.119. The molecule has 2 heterocycles. The van der Waals surface area contributed by atoms with Crippen molar-refractivity contribution in [3.8, 4) is 0 Å². The van der Waals surface area contributed by atoms with Crippen molar-refractivity contribution in [2.45, 2.75) is 31.2 Å². The topological polar surface area (TPSA) is 138 Å². The van der Waals surface area contributed by atoms with Crippen LogP contribution in [0.1, 0.15) is 37.8 Å². The maximum Gasteiger partial charge on any atom is 0.263 e. The van der Waals surface area contributed by atoms with E-state index in [-0.39, 0.29) is 28.3 Å². The van der Waals surface area contributed by atoms with E-state index < -0.39 is 33.8 Å². The summed E-state index contributed by atoms with van der Waals surface area (Å²) in [5.74, 6) is -1.09. The molecule has 11 heteroatoms. The van der Waals surface area contributed by atoms with Crippen LogP contribution >= 0.6 is 0 Å². The monoisotopic (exact) mass is 555 g/mol. The molecule has 1 unspecified atom stereocenters. The molecule has 1 aromatic heterocycles. The number of sulfonamides is 1. The first-order valence-electron chi connectivity index (χ1n) is 12.4. The molecule has 3 amide bonds. The lowest BCUT2D eigenvalue weighted by Gasteiger charge is -2.25. The highest BCUT2D eigenvalue weighted by Crippen LogP contribution is 2.27. The molecule has 1 atom stereocenters. The quantitative estimate of drug-likeness (QED) is 0.316. The number of benzene rings is 3. The molecule has 5 rings (SSSR count). The van der Waals surface area contributed by atoms with Crippen molar-refractivity contribution in [1.29, 1.82) is 0 Å². The first kappa shape index (κ1) is 26.7. The van der Waals surface area contributed by atoms with E-state index in [9.17, 15) is 22.8 Å². The summed E-state index contributed by atoms with van der Waals surface area (Å²) in [6, 6.07) is 21.5. The summed E-state index contributed by atoms with van der Waals surface area (Å²) < 4.78 is 28.2. The van der Waals surface area contributed by atoms with Crippen LogP contribution in [-0.2, 0) is 21.2 Å². The van der Waals surface area contributed by atoms with Gasteiger partial charge in [0, 0.05) is 23.9 Å². The number of carbonyl (C=O) groups excluding carboxylic acids is 3. The average molecular weight is 556 g/mol. The maximum atomic E-state index is 13.5. The molecule has 0 bridgehead atoms. The summed E-state index contributed by atoms with van der Waals surface area (Å²) in [6.07, 6.45) is 0.103. The van der Waals surface area contributed by atoms with Gasteiger partial charge in [-0.25, -0.2) is 18.4 Å². The fraction of sp³-hybridized carbons (Fsp3) is 0.138. The number of imide groups is 1. The van der Waals surface area contributed by atoms with Crippen molar-refractivity contribution in [2.75, 3.05) is 10.0 Å². The summed E-state index contributed by atoms with van der Waals surface area (Å²) in [6.45, 7) is 3.40. The third-order valence-corrected chi connectivity index (χ3v) is 7.72. The number of nitrogens with zero attached hydrogens (tertiary/aromatic N) is 3. The smallest absolute Gasteiger partial charge is 0.263 e. The Labute approximate surface area is 231 Å². The lowest BCUT2D eigenvalue weighted by Crippen LogP contribution is -2.48. The molecule has 0 spiro atoms. The summed E-state index contributed by atoms with van der Waals surface area (Å²) in [4.78, 5) is 49.1. The molecular weight excluding hydrogens is 530 g/mol. The number of rotatable bonds is 8. The van der Waals surface area contributed by atoms with Gasteiger partial charge in [0.05, 0.1) is 16.0 Å². The molecule has 0 radical (unpaired) electrons. The lowest BCUT2D eigenvalue weighted by atomic mass is 10.0.